The van der Waals surface area contributed by atoms with E-state index in [9.17, 15) is 39.5 Å². The van der Waals surface area contributed by atoms with Gasteiger partial charge in [0.05, 0.1) is 22.2 Å². The van der Waals surface area contributed by atoms with Crippen LogP contribution in [-0.2, 0) is 18.5 Å². The Kier molecular flexibility index (Phi) is 6.60. The molecule has 0 amide bonds. The maximum Gasteiger partial charge on any atom is 0.416 e. The lowest BCUT2D eigenvalue weighted by Gasteiger charge is -2.14. The topological polar surface area (TPSA) is 12.9 Å². The second-order valence-corrected chi connectivity index (χ2v) is 9.08. The van der Waals surface area contributed by atoms with Crippen LogP contribution in [0.4, 0.5) is 39.5 Å². The molecule has 0 bridgehead atoms. The van der Waals surface area contributed by atoms with Gasteiger partial charge in [-0.1, -0.05) is 48.5 Å². The molecule has 1 aromatic heterocycles. The molecular formula is C30H16F9N. The van der Waals surface area contributed by atoms with Crippen LogP contribution in [0, 0.1) is 0 Å². The molecule has 0 aliphatic rings. The number of fused-ring (bicyclic) bond motifs is 1. The molecule has 10 heteroatoms. The van der Waals surface area contributed by atoms with E-state index in [1.807, 2.05) is 0 Å². The Bertz CT molecular complexity index is 1650. The minimum atomic E-state index is -4.95. The summed E-state index contributed by atoms with van der Waals surface area (Å²) in [5.74, 6) is 0. The van der Waals surface area contributed by atoms with Gasteiger partial charge in [0.2, 0.25) is 0 Å². The molecule has 0 aliphatic carbocycles. The van der Waals surface area contributed by atoms with Gasteiger partial charge < -0.3 is 0 Å². The average molecular weight is 561 g/mol. The fraction of sp³-hybridized carbons (Fsp3) is 0.100. The first kappa shape index (κ1) is 27.2. The van der Waals surface area contributed by atoms with E-state index < -0.39 is 35.2 Å². The van der Waals surface area contributed by atoms with Gasteiger partial charge in [-0.25, -0.2) is 0 Å². The summed E-state index contributed by atoms with van der Waals surface area (Å²) in [5.41, 5.74) is -0.455. The summed E-state index contributed by atoms with van der Waals surface area (Å²) < 4.78 is 118. The van der Waals surface area contributed by atoms with Gasteiger partial charge in [0.25, 0.3) is 0 Å². The van der Waals surface area contributed by atoms with Crippen molar-refractivity contribution in [3.05, 3.63) is 114 Å². The molecule has 4 aromatic carbocycles. The Morgan fingerprint density at radius 1 is 0.375 bits per heavy atom. The monoisotopic (exact) mass is 561 g/mol. The number of pyridine rings is 1. The van der Waals surface area contributed by atoms with Gasteiger partial charge in [0.1, 0.15) is 0 Å². The number of hydrogen-bond donors (Lipinski definition) is 0. The summed E-state index contributed by atoms with van der Waals surface area (Å²) in [6.45, 7) is 0. The van der Waals surface area contributed by atoms with Gasteiger partial charge in [-0.15, -0.1) is 0 Å². The molecule has 1 nitrogen and oxygen atoms in total. The largest absolute Gasteiger partial charge is 0.416 e. The zero-order valence-corrected chi connectivity index (χ0v) is 20.1. The van der Waals surface area contributed by atoms with Gasteiger partial charge in [-0.05, 0) is 70.3 Å². The average Bonchev–Trinajstić information content (AvgIpc) is 2.91. The minimum absolute atomic E-state index is 0.0849. The second-order valence-electron chi connectivity index (χ2n) is 9.08. The van der Waals surface area contributed by atoms with Gasteiger partial charge in [-0.3, -0.25) is 4.98 Å². The number of nitrogens with zero attached hydrogens (tertiary/aromatic N) is 1. The number of hydrogen-bond acceptors (Lipinski definition) is 1. The predicted octanol–water partition coefficient (Wildman–Crippen LogP) is 10.3. The van der Waals surface area contributed by atoms with Crippen molar-refractivity contribution in [2.45, 2.75) is 18.5 Å². The Labute approximate surface area is 221 Å². The Morgan fingerprint density at radius 2 is 0.825 bits per heavy atom. The first-order valence-electron chi connectivity index (χ1n) is 11.7. The van der Waals surface area contributed by atoms with Crippen molar-refractivity contribution in [2.24, 2.45) is 0 Å². The van der Waals surface area contributed by atoms with Crippen LogP contribution in [0.25, 0.3) is 44.3 Å². The molecule has 0 unspecified atom stereocenters. The lowest BCUT2D eigenvalue weighted by molar-refractivity contribution is -0.143. The molecule has 0 spiro atoms. The first-order chi connectivity index (χ1) is 18.7. The van der Waals surface area contributed by atoms with Crippen molar-refractivity contribution < 1.29 is 39.5 Å². The summed E-state index contributed by atoms with van der Waals surface area (Å²) in [6.07, 6.45) is -12.8. The highest BCUT2D eigenvalue weighted by atomic mass is 19.4. The van der Waals surface area contributed by atoms with E-state index >= 15 is 0 Å². The fourth-order valence-corrected chi connectivity index (χ4v) is 4.29. The smallest absolute Gasteiger partial charge is 0.256 e. The van der Waals surface area contributed by atoms with Crippen LogP contribution in [0.5, 0.6) is 0 Å². The molecule has 40 heavy (non-hydrogen) atoms. The van der Waals surface area contributed by atoms with E-state index in [-0.39, 0.29) is 17.2 Å². The highest BCUT2D eigenvalue weighted by molar-refractivity contribution is 5.87. The molecule has 1 heterocycles. The highest BCUT2D eigenvalue weighted by Gasteiger charge is 2.37. The molecule has 0 atom stereocenters. The molecule has 0 saturated carbocycles. The maximum atomic E-state index is 13.2. The first-order valence-corrected chi connectivity index (χ1v) is 11.7. The highest BCUT2D eigenvalue weighted by Crippen LogP contribution is 2.39. The number of rotatable bonds is 3. The van der Waals surface area contributed by atoms with Crippen molar-refractivity contribution in [1.29, 1.82) is 0 Å². The molecule has 5 aromatic rings. The van der Waals surface area contributed by atoms with Crippen LogP contribution >= 0.6 is 0 Å². The van der Waals surface area contributed by atoms with Crippen LogP contribution < -0.4 is 0 Å². The van der Waals surface area contributed by atoms with Crippen LogP contribution in [0.15, 0.2) is 97.2 Å². The molecular weight excluding hydrogens is 545 g/mol. The van der Waals surface area contributed by atoms with Crippen molar-refractivity contribution in [2.75, 3.05) is 0 Å². The third kappa shape index (κ3) is 5.66. The molecule has 0 fully saturated rings. The summed E-state index contributed by atoms with van der Waals surface area (Å²) in [6, 6.07) is 19.2. The summed E-state index contributed by atoms with van der Waals surface area (Å²) in [5, 5.41) is 0.727. The molecule has 204 valence electrons. The van der Waals surface area contributed by atoms with Crippen LogP contribution in [-0.4, -0.2) is 4.98 Å². The van der Waals surface area contributed by atoms with E-state index in [2.05, 4.69) is 4.98 Å². The Balaban J connectivity index is 1.43. The van der Waals surface area contributed by atoms with Gasteiger partial charge in [-0.2, -0.15) is 39.5 Å². The van der Waals surface area contributed by atoms with Crippen LogP contribution in [0.1, 0.15) is 16.7 Å². The summed E-state index contributed by atoms with van der Waals surface area (Å²) in [7, 11) is 0. The van der Waals surface area contributed by atoms with Crippen molar-refractivity contribution in [1.82, 2.24) is 4.98 Å². The fourth-order valence-electron chi connectivity index (χ4n) is 4.29. The van der Waals surface area contributed by atoms with Gasteiger partial charge in [0, 0.05) is 17.1 Å². The predicted molar refractivity (Wildman–Crippen MR) is 133 cm³/mol. The third-order valence-corrected chi connectivity index (χ3v) is 6.37. The molecule has 5 rings (SSSR count). The second kappa shape index (κ2) is 9.69. The number of benzene rings is 4. The SMILES string of the molecule is FC(F)(F)c1ccc(-c2ccc3cc(-c4ccc(-c5cc(C(F)(F)F)cc(C(F)(F)F)c5)cc4)cnc3c2)cc1. The van der Waals surface area contributed by atoms with Crippen LogP contribution in [0.2, 0.25) is 0 Å². The standard InChI is InChI=1S/C30H16F9N/c31-28(32,33)24-9-7-17(8-10-24)20-5-6-21-11-23(16-40-27(21)14-20)19-3-1-18(2-4-19)22-12-25(29(34,35)36)15-26(13-22)30(37,38)39/h1-16H. The Hall–Kier alpha value is -4.34. The minimum Gasteiger partial charge on any atom is -0.256 e. The molecule has 0 saturated heterocycles. The summed E-state index contributed by atoms with van der Waals surface area (Å²) in [4.78, 5) is 4.43. The quantitative estimate of drug-likeness (QED) is 0.200. The molecule has 0 aliphatic heterocycles. The van der Waals surface area contributed by atoms with Gasteiger partial charge >= 0.3 is 18.5 Å². The summed E-state index contributed by atoms with van der Waals surface area (Å²) >= 11 is 0. The molecule has 0 N–H and O–H groups in total. The Morgan fingerprint density at radius 3 is 1.35 bits per heavy atom. The maximum absolute atomic E-state index is 13.2. The lowest BCUT2D eigenvalue weighted by atomic mass is 9.96. The van der Waals surface area contributed by atoms with Crippen molar-refractivity contribution in [3.8, 4) is 33.4 Å². The van der Waals surface area contributed by atoms with Gasteiger partial charge in [0.15, 0.2) is 0 Å². The van der Waals surface area contributed by atoms with E-state index in [1.54, 1.807) is 42.6 Å². The van der Waals surface area contributed by atoms with Crippen molar-refractivity contribution >= 4 is 10.9 Å². The number of aromatic nitrogens is 1. The van der Waals surface area contributed by atoms with E-state index in [1.165, 1.54) is 24.3 Å². The van der Waals surface area contributed by atoms with Crippen molar-refractivity contribution in [3.63, 3.8) is 0 Å². The van der Waals surface area contributed by atoms with E-state index in [4.69, 9.17) is 0 Å². The zero-order chi connectivity index (χ0) is 28.9. The van der Waals surface area contributed by atoms with Crippen LogP contribution in [0.3, 0.4) is 0 Å². The third-order valence-electron chi connectivity index (χ3n) is 6.37. The number of alkyl halides is 9. The zero-order valence-electron chi connectivity index (χ0n) is 20.1. The normalized spacial score (nSPS) is 12.6. The molecule has 0 radical (unpaired) electrons. The number of halogens is 9. The lowest BCUT2D eigenvalue weighted by Crippen LogP contribution is -2.11. The van der Waals surface area contributed by atoms with E-state index in [0.29, 0.717) is 39.9 Å². The van der Waals surface area contributed by atoms with E-state index in [0.717, 1.165) is 17.5 Å².